The summed E-state index contributed by atoms with van der Waals surface area (Å²) in [5.41, 5.74) is -0.0150. The van der Waals surface area contributed by atoms with E-state index in [1.54, 1.807) is 32.9 Å². The number of nitrogens with one attached hydrogen (secondary N) is 1. The first kappa shape index (κ1) is 14.2. The predicted molar refractivity (Wildman–Crippen MR) is 67.5 cm³/mol. The maximum absolute atomic E-state index is 12.8. The van der Waals surface area contributed by atoms with Crippen LogP contribution < -0.4 is 5.32 Å². The largest absolute Gasteiger partial charge is 0.444 e. The monoisotopic (exact) mass is 252 g/mol. The summed E-state index contributed by atoms with van der Waals surface area (Å²) < 4.78 is 17.9. The first-order valence-electron chi connectivity index (χ1n) is 5.62. The van der Waals surface area contributed by atoms with Crippen molar-refractivity contribution >= 4 is 12.2 Å². The number of rotatable bonds is 3. The quantitative estimate of drug-likeness (QED) is 0.899. The number of carbonyl (C=O) groups excluding carboxylic acids is 1. The van der Waals surface area contributed by atoms with Gasteiger partial charge in [-0.25, -0.2) is 9.18 Å². The van der Waals surface area contributed by atoms with Gasteiger partial charge in [0, 0.05) is 12.7 Å². The molecule has 0 fully saturated rings. The molecule has 0 aliphatic heterocycles. The van der Waals surface area contributed by atoms with Gasteiger partial charge in [-0.15, -0.1) is 0 Å². The van der Waals surface area contributed by atoms with Crippen LogP contribution in [0.1, 0.15) is 26.5 Å². The Labute approximate surface area is 106 Å². The van der Waals surface area contributed by atoms with Gasteiger partial charge in [-0.1, -0.05) is 6.08 Å². The molecule has 5 heteroatoms. The van der Waals surface area contributed by atoms with Crippen LogP contribution in [0.15, 0.2) is 24.4 Å². The number of pyridine rings is 1. The van der Waals surface area contributed by atoms with Crippen molar-refractivity contribution in [1.82, 2.24) is 10.3 Å². The lowest BCUT2D eigenvalue weighted by Gasteiger charge is -2.19. The van der Waals surface area contributed by atoms with Gasteiger partial charge < -0.3 is 10.1 Å². The molecular weight excluding hydrogens is 235 g/mol. The van der Waals surface area contributed by atoms with Crippen molar-refractivity contribution in [1.29, 1.82) is 0 Å². The van der Waals surface area contributed by atoms with E-state index in [4.69, 9.17) is 4.74 Å². The number of aromatic nitrogens is 1. The Morgan fingerprint density at radius 2 is 2.28 bits per heavy atom. The lowest BCUT2D eigenvalue weighted by molar-refractivity contribution is 0.0534. The smallest absolute Gasteiger partial charge is 0.407 e. The van der Waals surface area contributed by atoms with Crippen molar-refractivity contribution in [3.8, 4) is 0 Å². The second kappa shape index (κ2) is 6.14. The van der Waals surface area contributed by atoms with Gasteiger partial charge in [0.2, 0.25) is 0 Å². The van der Waals surface area contributed by atoms with E-state index in [-0.39, 0.29) is 5.82 Å². The molecule has 98 valence electrons. The zero-order chi connectivity index (χ0) is 13.6. The molecule has 0 atom stereocenters. The Morgan fingerprint density at radius 3 is 2.89 bits per heavy atom. The van der Waals surface area contributed by atoms with Crippen LogP contribution in [-0.4, -0.2) is 23.2 Å². The predicted octanol–water partition coefficient (Wildman–Crippen LogP) is 2.76. The molecule has 1 aromatic rings. The lowest BCUT2D eigenvalue weighted by Crippen LogP contribution is -2.32. The van der Waals surface area contributed by atoms with E-state index >= 15 is 0 Å². The lowest BCUT2D eigenvalue weighted by atomic mass is 10.2. The van der Waals surface area contributed by atoms with Crippen LogP contribution in [0.3, 0.4) is 0 Å². The van der Waals surface area contributed by atoms with Gasteiger partial charge in [0.15, 0.2) is 0 Å². The first-order valence-corrected chi connectivity index (χ1v) is 5.62. The van der Waals surface area contributed by atoms with Gasteiger partial charge in [-0.2, -0.15) is 0 Å². The summed E-state index contributed by atoms with van der Waals surface area (Å²) in [6, 6.07) is 2.58. The van der Waals surface area contributed by atoms with Gasteiger partial charge in [0.1, 0.15) is 11.4 Å². The molecular formula is C13H17FN2O2. The number of nitrogens with zero attached hydrogens (tertiary/aromatic N) is 1. The molecule has 1 amide bonds. The number of halogens is 1. The zero-order valence-corrected chi connectivity index (χ0v) is 10.7. The minimum atomic E-state index is -0.516. The fourth-order valence-corrected chi connectivity index (χ4v) is 1.15. The van der Waals surface area contributed by atoms with Gasteiger partial charge in [-0.3, -0.25) is 4.98 Å². The molecule has 0 saturated carbocycles. The number of amides is 1. The fraction of sp³-hybridized carbons (Fsp3) is 0.385. The van der Waals surface area contributed by atoms with Crippen molar-refractivity contribution in [2.75, 3.05) is 6.54 Å². The second-order valence-electron chi connectivity index (χ2n) is 4.68. The molecule has 0 saturated heterocycles. The third kappa shape index (κ3) is 5.98. The Balaban J connectivity index is 2.36. The minimum absolute atomic E-state index is 0.299. The molecule has 18 heavy (non-hydrogen) atoms. The number of carbonyl (C=O) groups is 1. The topological polar surface area (TPSA) is 51.2 Å². The number of hydrogen-bond donors (Lipinski definition) is 1. The maximum atomic E-state index is 12.8. The molecule has 0 bridgehead atoms. The minimum Gasteiger partial charge on any atom is -0.444 e. The molecule has 0 aliphatic rings. The Hall–Kier alpha value is -1.91. The third-order valence-corrected chi connectivity index (χ3v) is 1.79. The van der Waals surface area contributed by atoms with E-state index in [1.807, 2.05) is 0 Å². The van der Waals surface area contributed by atoms with E-state index in [0.29, 0.717) is 12.2 Å². The van der Waals surface area contributed by atoms with Crippen molar-refractivity contribution in [2.24, 2.45) is 0 Å². The van der Waals surface area contributed by atoms with Gasteiger partial charge >= 0.3 is 6.09 Å². The van der Waals surface area contributed by atoms with Crippen molar-refractivity contribution < 1.29 is 13.9 Å². The van der Waals surface area contributed by atoms with E-state index in [2.05, 4.69) is 10.3 Å². The average Bonchev–Trinajstić information content (AvgIpc) is 2.22. The summed E-state index contributed by atoms with van der Waals surface area (Å²) >= 11 is 0. The normalized spacial score (nSPS) is 11.6. The highest BCUT2D eigenvalue weighted by Gasteiger charge is 2.14. The van der Waals surface area contributed by atoms with Gasteiger partial charge in [-0.05, 0) is 39.0 Å². The van der Waals surface area contributed by atoms with Crippen LogP contribution in [-0.2, 0) is 4.74 Å². The molecule has 0 aromatic carbocycles. The molecule has 1 rings (SSSR count). The Bertz CT molecular complexity index is 439. The molecule has 1 N–H and O–H groups in total. The number of hydrogen-bond acceptors (Lipinski definition) is 3. The van der Waals surface area contributed by atoms with Crippen LogP contribution in [0.25, 0.3) is 6.08 Å². The van der Waals surface area contributed by atoms with Gasteiger partial charge in [0.25, 0.3) is 0 Å². The first-order chi connectivity index (χ1) is 8.37. The van der Waals surface area contributed by atoms with Crippen molar-refractivity contribution in [2.45, 2.75) is 26.4 Å². The van der Waals surface area contributed by atoms with E-state index in [0.717, 1.165) is 0 Å². The summed E-state index contributed by atoms with van der Waals surface area (Å²) in [5, 5.41) is 2.55. The molecule has 0 unspecified atom stereocenters. The summed E-state index contributed by atoms with van der Waals surface area (Å²) in [4.78, 5) is 15.2. The van der Waals surface area contributed by atoms with Crippen LogP contribution in [0.2, 0.25) is 0 Å². The highest BCUT2D eigenvalue weighted by Crippen LogP contribution is 2.06. The van der Waals surface area contributed by atoms with Crippen molar-refractivity contribution in [3.63, 3.8) is 0 Å². The van der Waals surface area contributed by atoms with Crippen LogP contribution in [0.5, 0.6) is 0 Å². The van der Waals surface area contributed by atoms with E-state index < -0.39 is 11.7 Å². The average molecular weight is 252 g/mol. The summed E-state index contributed by atoms with van der Waals surface area (Å²) in [6.07, 6.45) is 4.20. The molecule has 4 nitrogen and oxygen atoms in total. The fourth-order valence-electron chi connectivity index (χ4n) is 1.15. The highest BCUT2D eigenvalue weighted by molar-refractivity contribution is 5.68. The Morgan fingerprint density at radius 1 is 1.56 bits per heavy atom. The van der Waals surface area contributed by atoms with Crippen LogP contribution in [0, 0.1) is 5.82 Å². The summed E-state index contributed by atoms with van der Waals surface area (Å²) in [6.45, 7) is 5.67. The third-order valence-electron chi connectivity index (χ3n) is 1.79. The molecule has 0 spiro atoms. The Kier molecular flexibility index (Phi) is 4.83. The molecule has 1 aromatic heterocycles. The van der Waals surface area contributed by atoms with E-state index in [1.165, 1.54) is 18.3 Å². The SMILES string of the molecule is CC(C)(C)OC(=O)NCC=Cc1cc(F)ccn1. The van der Waals surface area contributed by atoms with Crippen LogP contribution in [0.4, 0.5) is 9.18 Å². The summed E-state index contributed by atoms with van der Waals surface area (Å²) in [5.74, 6) is -0.343. The molecule has 1 heterocycles. The molecule has 0 aliphatic carbocycles. The zero-order valence-electron chi connectivity index (χ0n) is 10.7. The second-order valence-corrected chi connectivity index (χ2v) is 4.68. The number of alkyl carbamates (subject to hydrolysis) is 1. The maximum Gasteiger partial charge on any atom is 0.407 e. The van der Waals surface area contributed by atoms with Crippen LogP contribution >= 0.6 is 0 Å². The molecule has 0 radical (unpaired) electrons. The number of ether oxygens (including phenoxy) is 1. The van der Waals surface area contributed by atoms with Gasteiger partial charge in [0.05, 0.1) is 5.69 Å². The van der Waals surface area contributed by atoms with Crippen molar-refractivity contribution in [3.05, 3.63) is 35.9 Å². The standard InChI is InChI=1S/C13H17FN2O2/c1-13(2,3)18-12(17)16-7-4-5-11-9-10(14)6-8-15-11/h4-6,8-9H,7H2,1-3H3,(H,16,17). The highest BCUT2D eigenvalue weighted by atomic mass is 19.1. The van der Waals surface area contributed by atoms with E-state index in [9.17, 15) is 9.18 Å². The summed E-state index contributed by atoms with van der Waals surface area (Å²) in [7, 11) is 0.